The first kappa shape index (κ1) is 16.5. The maximum absolute atomic E-state index is 12.3. The number of rotatable bonds is 6. The van der Waals surface area contributed by atoms with Crippen molar-refractivity contribution in [1.82, 2.24) is 4.98 Å². The van der Waals surface area contributed by atoms with Crippen molar-refractivity contribution >= 4 is 10.8 Å². The van der Waals surface area contributed by atoms with Gasteiger partial charge in [-0.05, 0) is 36.8 Å². The molecular formula is C19H19NO3S. The highest BCUT2D eigenvalue weighted by atomic mass is 32.2. The highest BCUT2D eigenvalue weighted by molar-refractivity contribution is 7.83. The molecule has 0 unspecified atom stereocenters. The predicted molar refractivity (Wildman–Crippen MR) is 95.2 cm³/mol. The first-order valence-electron chi connectivity index (χ1n) is 7.63. The summed E-state index contributed by atoms with van der Waals surface area (Å²) < 4.78 is 23.2. The van der Waals surface area contributed by atoms with Crippen LogP contribution in [-0.4, -0.2) is 16.3 Å². The van der Waals surface area contributed by atoms with Gasteiger partial charge in [-0.1, -0.05) is 29.8 Å². The average molecular weight is 341 g/mol. The molecule has 0 bridgehead atoms. The second kappa shape index (κ2) is 7.45. The summed E-state index contributed by atoms with van der Waals surface area (Å²) >= 11 is 0. The summed E-state index contributed by atoms with van der Waals surface area (Å²) in [5.41, 5.74) is 3.15. The third-order valence-corrected chi connectivity index (χ3v) is 4.85. The summed E-state index contributed by atoms with van der Waals surface area (Å²) in [6, 6.07) is 15.6. The number of nitrogens with zero attached hydrogens (tertiary/aromatic N) is 1. The van der Waals surface area contributed by atoms with Crippen LogP contribution in [0.25, 0.3) is 11.3 Å². The average Bonchev–Trinajstić information content (AvgIpc) is 3.03. The Hall–Kier alpha value is -2.40. The number of aryl methyl sites for hydroxylation is 1. The van der Waals surface area contributed by atoms with Crippen LogP contribution in [0.4, 0.5) is 0 Å². The normalized spacial score (nSPS) is 12.1. The Labute approximate surface area is 144 Å². The maximum Gasteiger partial charge on any atom is 0.207 e. The highest BCUT2D eigenvalue weighted by Crippen LogP contribution is 2.23. The van der Waals surface area contributed by atoms with Crippen molar-refractivity contribution < 1.29 is 13.4 Å². The fraction of sp³-hybridized carbons (Fsp3) is 0.211. The van der Waals surface area contributed by atoms with Crippen LogP contribution in [0, 0.1) is 6.92 Å². The molecule has 3 aromatic rings. The summed E-state index contributed by atoms with van der Waals surface area (Å²) in [6.07, 6.45) is 1.67. The molecule has 4 nitrogen and oxygen atoms in total. The number of hydrogen-bond donors (Lipinski definition) is 0. The van der Waals surface area contributed by atoms with Crippen molar-refractivity contribution in [2.75, 3.05) is 7.11 Å². The number of hydrogen-bond acceptors (Lipinski definition) is 4. The molecule has 1 atom stereocenters. The van der Waals surface area contributed by atoms with Crippen LogP contribution in [-0.2, 0) is 22.3 Å². The van der Waals surface area contributed by atoms with E-state index in [0.29, 0.717) is 23.2 Å². The predicted octanol–water partition coefficient (Wildman–Crippen LogP) is 4.11. The van der Waals surface area contributed by atoms with E-state index in [-0.39, 0.29) is 0 Å². The van der Waals surface area contributed by atoms with E-state index in [1.807, 2.05) is 49.4 Å². The molecule has 0 aliphatic heterocycles. The smallest absolute Gasteiger partial charge is 0.207 e. The van der Waals surface area contributed by atoms with Gasteiger partial charge in [0.15, 0.2) is 5.76 Å². The Morgan fingerprint density at radius 1 is 1.12 bits per heavy atom. The molecule has 0 saturated carbocycles. The van der Waals surface area contributed by atoms with Crippen LogP contribution in [0.1, 0.15) is 17.0 Å². The molecule has 0 radical (unpaired) electrons. The minimum atomic E-state index is -1.05. The maximum atomic E-state index is 12.3. The van der Waals surface area contributed by atoms with Crippen molar-refractivity contribution in [3.8, 4) is 17.1 Å². The van der Waals surface area contributed by atoms with Crippen LogP contribution in [0.5, 0.6) is 5.75 Å². The van der Waals surface area contributed by atoms with Gasteiger partial charge in [0.1, 0.15) is 11.5 Å². The Kier molecular flexibility index (Phi) is 5.11. The Balaban J connectivity index is 1.65. The molecular weight excluding hydrogens is 322 g/mol. The number of oxazole rings is 1. The van der Waals surface area contributed by atoms with E-state index in [2.05, 4.69) is 11.1 Å². The lowest BCUT2D eigenvalue weighted by atomic mass is 10.2. The Bertz CT molecular complexity index is 840. The summed E-state index contributed by atoms with van der Waals surface area (Å²) in [7, 11) is 0.575. The monoisotopic (exact) mass is 341 g/mol. The first-order valence-corrected chi connectivity index (χ1v) is 9.12. The summed E-state index contributed by atoms with van der Waals surface area (Å²) in [4.78, 5) is 4.24. The van der Waals surface area contributed by atoms with E-state index in [1.165, 1.54) is 5.56 Å². The molecule has 24 heavy (non-hydrogen) atoms. The number of ether oxygens (including phenoxy) is 1. The second-order valence-corrected chi connectivity index (χ2v) is 7.02. The minimum Gasteiger partial charge on any atom is -0.497 e. The van der Waals surface area contributed by atoms with E-state index in [0.717, 1.165) is 16.9 Å². The van der Waals surface area contributed by atoms with Gasteiger partial charge in [-0.25, -0.2) is 4.98 Å². The molecule has 0 aliphatic rings. The SMILES string of the molecule is COc1ccc(-c2cnc(C[S@](=O)Cc3cccc(C)c3)o2)cc1. The summed E-state index contributed by atoms with van der Waals surface area (Å²) in [5.74, 6) is 2.76. The van der Waals surface area contributed by atoms with Crippen molar-refractivity contribution in [3.63, 3.8) is 0 Å². The van der Waals surface area contributed by atoms with Gasteiger partial charge >= 0.3 is 0 Å². The number of aromatic nitrogens is 1. The van der Waals surface area contributed by atoms with Gasteiger partial charge in [0.05, 0.1) is 13.3 Å². The fourth-order valence-corrected chi connectivity index (χ4v) is 3.50. The molecule has 124 valence electrons. The molecule has 1 heterocycles. The van der Waals surface area contributed by atoms with Gasteiger partial charge in [-0.2, -0.15) is 0 Å². The lowest BCUT2D eigenvalue weighted by Gasteiger charge is -2.02. The zero-order valence-corrected chi connectivity index (χ0v) is 14.5. The van der Waals surface area contributed by atoms with Gasteiger partial charge in [-0.15, -0.1) is 0 Å². The number of methoxy groups -OCH3 is 1. The van der Waals surface area contributed by atoms with Crippen molar-refractivity contribution in [2.45, 2.75) is 18.4 Å². The van der Waals surface area contributed by atoms with E-state index >= 15 is 0 Å². The fourth-order valence-electron chi connectivity index (χ4n) is 2.44. The van der Waals surface area contributed by atoms with Crippen LogP contribution >= 0.6 is 0 Å². The third-order valence-electron chi connectivity index (χ3n) is 3.62. The molecule has 3 rings (SSSR count). The quantitative estimate of drug-likeness (QED) is 0.677. The lowest BCUT2D eigenvalue weighted by Crippen LogP contribution is -1.99. The van der Waals surface area contributed by atoms with Gasteiger partial charge < -0.3 is 9.15 Å². The van der Waals surface area contributed by atoms with Crippen LogP contribution < -0.4 is 4.74 Å². The van der Waals surface area contributed by atoms with Crippen molar-refractivity contribution in [3.05, 3.63) is 71.7 Å². The Morgan fingerprint density at radius 3 is 2.62 bits per heavy atom. The van der Waals surface area contributed by atoms with E-state index in [4.69, 9.17) is 9.15 Å². The van der Waals surface area contributed by atoms with E-state index in [1.54, 1.807) is 13.3 Å². The Morgan fingerprint density at radius 2 is 1.92 bits per heavy atom. The van der Waals surface area contributed by atoms with E-state index in [9.17, 15) is 4.21 Å². The van der Waals surface area contributed by atoms with Crippen LogP contribution in [0.2, 0.25) is 0 Å². The molecule has 0 saturated heterocycles. The molecule has 2 aromatic carbocycles. The molecule has 0 fully saturated rings. The van der Waals surface area contributed by atoms with Crippen molar-refractivity contribution in [2.24, 2.45) is 0 Å². The van der Waals surface area contributed by atoms with Gasteiger partial charge in [-0.3, -0.25) is 4.21 Å². The standard InChI is InChI=1S/C19H19NO3S/c1-14-4-3-5-15(10-14)12-24(21)13-19-20-11-18(23-19)16-6-8-17(22-2)9-7-16/h3-11H,12-13H2,1-2H3/t24-/m1/s1. The van der Waals surface area contributed by atoms with Gasteiger partial charge in [0.25, 0.3) is 0 Å². The zero-order chi connectivity index (χ0) is 16.9. The number of benzene rings is 2. The molecule has 5 heteroatoms. The van der Waals surface area contributed by atoms with Gasteiger partial charge in [0, 0.05) is 22.1 Å². The van der Waals surface area contributed by atoms with E-state index < -0.39 is 10.8 Å². The molecule has 1 aromatic heterocycles. The summed E-state index contributed by atoms with van der Waals surface area (Å²) in [5, 5.41) is 0. The van der Waals surface area contributed by atoms with Crippen molar-refractivity contribution in [1.29, 1.82) is 0 Å². The lowest BCUT2D eigenvalue weighted by molar-refractivity contribution is 0.415. The second-order valence-electron chi connectivity index (χ2n) is 5.56. The largest absolute Gasteiger partial charge is 0.497 e. The first-order chi connectivity index (χ1) is 11.6. The molecule has 0 amide bonds. The molecule has 0 N–H and O–H groups in total. The summed E-state index contributed by atoms with van der Waals surface area (Å²) in [6.45, 7) is 2.03. The van der Waals surface area contributed by atoms with Crippen LogP contribution in [0.15, 0.2) is 59.1 Å². The van der Waals surface area contributed by atoms with Crippen LogP contribution in [0.3, 0.4) is 0 Å². The third kappa shape index (κ3) is 4.11. The topological polar surface area (TPSA) is 52.3 Å². The molecule has 0 spiro atoms. The van der Waals surface area contributed by atoms with Gasteiger partial charge in [0.2, 0.25) is 5.89 Å². The highest BCUT2D eigenvalue weighted by Gasteiger charge is 2.11. The zero-order valence-electron chi connectivity index (χ0n) is 13.7. The molecule has 0 aliphatic carbocycles. The minimum absolute atomic E-state index is 0.310.